The molecular weight excluding hydrogens is 349 g/mol. The number of aromatic nitrogens is 2. The van der Waals surface area contributed by atoms with Gasteiger partial charge in [0, 0.05) is 30.4 Å². The molecule has 0 aliphatic heterocycles. The van der Waals surface area contributed by atoms with Crippen molar-refractivity contribution in [2.45, 2.75) is 25.9 Å². The maximum atomic E-state index is 13.0. The van der Waals surface area contributed by atoms with Gasteiger partial charge in [0.15, 0.2) is 0 Å². The van der Waals surface area contributed by atoms with Gasteiger partial charge in [-0.15, -0.1) is 11.3 Å². The van der Waals surface area contributed by atoms with E-state index in [0.29, 0.717) is 5.75 Å². The molecule has 1 aromatic carbocycles. The van der Waals surface area contributed by atoms with Gasteiger partial charge in [-0.05, 0) is 36.6 Å². The SMILES string of the molecule is Cc1cc(CCc2nccs2)ccc1Oc1ccncc1C(F)(F)F. The molecule has 3 nitrogen and oxygen atoms in total. The first-order chi connectivity index (χ1) is 11.9. The van der Waals surface area contributed by atoms with Gasteiger partial charge in [0.2, 0.25) is 0 Å². The lowest BCUT2D eigenvalue weighted by molar-refractivity contribution is -0.138. The molecule has 0 N–H and O–H groups in total. The van der Waals surface area contributed by atoms with Gasteiger partial charge in [-0.2, -0.15) is 13.2 Å². The van der Waals surface area contributed by atoms with E-state index >= 15 is 0 Å². The monoisotopic (exact) mass is 364 g/mol. The molecule has 130 valence electrons. The molecular formula is C18H15F3N2OS. The summed E-state index contributed by atoms with van der Waals surface area (Å²) in [5, 5.41) is 2.99. The van der Waals surface area contributed by atoms with E-state index < -0.39 is 11.7 Å². The normalized spacial score (nSPS) is 11.5. The Kier molecular flexibility index (Phi) is 5.03. The summed E-state index contributed by atoms with van der Waals surface area (Å²) in [7, 11) is 0. The van der Waals surface area contributed by atoms with Crippen LogP contribution in [0.1, 0.15) is 21.7 Å². The van der Waals surface area contributed by atoms with Crippen LogP contribution in [0, 0.1) is 6.92 Å². The first-order valence-electron chi connectivity index (χ1n) is 7.60. The second-order valence-electron chi connectivity index (χ2n) is 5.50. The van der Waals surface area contributed by atoms with Crippen LogP contribution in [0.5, 0.6) is 11.5 Å². The summed E-state index contributed by atoms with van der Waals surface area (Å²) < 4.78 is 44.6. The molecule has 3 aromatic rings. The van der Waals surface area contributed by atoms with E-state index in [2.05, 4.69) is 9.97 Å². The molecule has 2 heterocycles. The van der Waals surface area contributed by atoms with E-state index in [-0.39, 0.29) is 5.75 Å². The molecule has 2 aromatic heterocycles. The second kappa shape index (κ2) is 7.23. The van der Waals surface area contributed by atoms with E-state index in [0.717, 1.165) is 35.2 Å². The average molecular weight is 364 g/mol. The summed E-state index contributed by atoms with van der Waals surface area (Å²) in [6.45, 7) is 1.82. The number of rotatable bonds is 5. The van der Waals surface area contributed by atoms with Crippen molar-refractivity contribution in [1.29, 1.82) is 0 Å². The van der Waals surface area contributed by atoms with Gasteiger partial charge in [0.25, 0.3) is 0 Å². The van der Waals surface area contributed by atoms with Crippen LogP contribution in [0.15, 0.2) is 48.2 Å². The minimum atomic E-state index is -4.51. The fraction of sp³-hybridized carbons (Fsp3) is 0.222. The minimum Gasteiger partial charge on any atom is -0.456 e. The Hall–Kier alpha value is -2.41. The lowest BCUT2D eigenvalue weighted by Gasteiger charge is -2.15. The van der Waals surface area contributed by atoms with Gasteiger partial charge < -0.3 is 4.74 Å². The predicted octanol–water partition coefficient (Wildman–Crippen LogP) is 5.44. The van der Waals surface area contributed by atoms with Crippen molar-refractivity contribution in [2.75, 3.05) is 0 Å². The summed E-state index contributed by atoms with van der Waals surface area (Å²) in [6.07, 6.45) is 0.966. The molecule has 3 rings (SSSR count). The average Bonchev–Trinajstić information content (AvgIpc) is 3.08. The second-order valence-corrected chi connectivity index (χ2v) is 6.48. The molecule has 0 atom stereocenters. The molecule has 0 saturated heterocycles. The van der Waals surface area contributed by atoms with Crippen molar-refractivity contribution in [3.63, 3.8) is 0 Å². The maximum Gasteiger partial charge on any atom is 0.421 e. The molecule has 0 fully saturated rings. The molecule has 25 heavy (non-hydrogen) atoms. The number of hydrogen-bond acceptors (Lipinski definition) is 4. The van der Waals surface area contributed by atoms with Crippen LogP contribution in [0.25, 0.3) is 0 Å². The van der Waals surface area contributed by atoms with Crippen LogP contribution in [0.2, 0.25) is 0 Å². The zero-order valence-corrected chi connectivity index (χ0v) is 14.2. The summed E-state index contributed by atoms with van der Waals surface area (Å²) in [4.78, 5) is 7.77. The highest BCUT2D eigenvalue weighted by molar-refractivity contribution is 7.09. The Labute approximate surface area is 147 Å². The van der Waals surface area contributed by atoms with Crippen molar-refractivity contribution in [2.24, 2.45) is 0 Å². The third-order valence-electron chi connectivity index (χ3n) is 3.66. The topological polar surface area (TPSA) is 35.0 Å². The Morgan fingerprint density at radius 1 is 1.08 bits per heavy atom. The molecule has 0 aliphatic rings. The minimum absolute atomic E-state index is 0.249. The third kappa shape index (κ3) is 4.36. The summed E-state index contributed by atoms with van der Waals surface area (Å²) >= 11 is 1.61. The largest absolute Gasteiger partial charge is 0.456 e. The van der Waals surface area contributed by atoms with Crippen LogP contribution < -0.4 is 4.74 Å². The van der Waals surface area contributed by atoms with Crippen LogP contribution >= 0.6 is 11.3 Å². The zero-order valence-electron chi connectivity index (χ0n) is 13.4. The van der Waals surface area contributed by atoms with E-state index in [4.69, 9.17) is 4.74 Å². The summed E-state index contributed by atoms with van der Waals surface area (Å²) in [6, 6.07) is 6.72. The van der Waals surface area contributed by atoms with Gasteiger partial charge >= 0.3 is 6.18 Å². The van der Waals surface area contributed by atoms with Crippen molar-refractivity contribution in [3.05, 3.63) is 69.9 Å². The van der Waals surface area contributed by atoms with E-state index in [1.54, 1.807) is 23.6 Å². The number of halogens is 3. The predicted molar refractivity (Wildman–Crippen MR) is 90.0 cm³/mol. The number of thiazole rings is 1. The quantitative estimate of drug-likeness (QED) is 0.604. The number of aryl methyl sites for hydroxylation is 3. The van der Waals surface area contributed by atoms with Gasteiger partial charge in [-0.3, -0.25) is 4.98 Å². The lowest BCUT2D eigenvalue weighted by Crippen LogP contribution is -2.07. The number of pyridine rings is 1. The maximum absolute atomic E-state index is 13.0. The van der Waals surface area contributed by atoms with Gasteiger partial charge in [0.05, 0.1) is 5.01 Å². The molecule has 0 unspecified atom stereocenters. The molecule has 0 aliphatic carbocycles. The lowest BCUT2D eigenvalue weighted by atomic mass is 10.1. The first kappa shape index (κ1) is 17.4. The standard InChI is InChI=1S/C18H15F3N2OS/c1-12-10-13(3-5-17-23-8-9-25-17)2-4-15(12)24-16-6-7-22-11-14(16)18(19,20)21/h2,4,6-11H,3,5H2,1H3. The molecule has 0 spiro atoms. The van der Waals surface area contributed by atoms with E-state index in [9.17, 15) is 13.2 Å². The Balaban J connectivity index is 1.76. The molecule has 0 amide bonds. The number of alkyl halides is 3. The highest BCUT2D eigenvalue weighted by Crippen LogP contribution is 2.38. The first-order valence-corrected chi connectivity index (χ1v) is 8.48. The van der Waals surface area contributed by atoms with Crippen LogP contribution in [-0.4, -0.2) is 9.97 Å². The molecule has 7 heteroatoms. The Morgan fingerprint density at radius 2 is 1.92 bits per heavy atom. The van der Waals surface area contributed by atoms with E-state index in [1.165, 1.54) is 12.3 Å². The van der Waals surface area contributed by atoms with Gasteiger partial charge in [-0.25, -0.2) is 4.98 Å². The van der Waals surface area contributed by atoms with Gasteiger partial charge in [-0.1, -0.05) is 12.1 Å². The van der Waals surface area contributed by atoms with Gasteiger partial charge in [0.1, 0.15) is 17.1 Å². The molecule has 0 saturated carbocycles. The summed E-state index contributed by atoms with van der Waals surface area (Å²) in [5.41, 5.74) is 0.981. The van der Waals surface area contributed by atoms with Crippen molar-refractivity contribution in [1.82, 2.24) is 9.97 Å². The van der Waals surface area contributed by atoms with Crippen LogP contribution in [0.4, 0.5) is 13.2 Å². The third-order valence-corrected chi connectivity index (χ3v) is 4.50. The number of nitrogens with zero attached hydrogens (tertiary/aromatic N) is 2. The molecule has 0 radical (unpaired) electrons. The number of benzene rings is 1. The fourth-order valence-electron chi connectivity index (χ4n) is 2.41. The zero-order chi connectivity index (χ0) is 17.9. The van der Waals surface area contributed by atoms with Crippen molar-refractivity contribution in [3.8, 4) is 11.5 Å². The van der Waals surface area contributed by atoms with Crippen molar-refractivity contribution < 1.29 is 17.9 Å². The number of hydrogen-bond donors (Lipinski definition) is 0. The van der Waals surface area contributed by atoms with Crippen LogP contribution in [0.3, 0.4) is 0 Å². The smallest absolute Gasteiger partial charge is 0.421 e. The van der Waals surface area contributed by atoms with Crippen molar-refractivity contribution >= 4 is 11.3 Å². The Bertz CT molecular complexity index is 848. The van der Waals surface area contributed by atoms with E-state index in [1.807, 2.05) is 24.4 Å². The van der Waals surface area contributed by atoms with Crippen LogP contribution in [-0.2, 0) is 19.0 Å². The fourth-order valence-corrected chi connectivity index (χ4v) is 3.03. The Morgan fingerprint density at radius 3 is 2.60 bits per heavy atom. The highest BCUT2D eigenvalue weighted by atomic mass is 32.1. The summed E-state index contributed by atoms with van der Waals surface area (Å²) in [5.74, 6) is 0.149. The number of ether oxygens (including phenoxy) is 1. The molecule has 0 bridgehead atoms. The highest BCUT2D eigenvalue weighted by Gasteiger charge is 2.35.